The second-order valence-electron chi connectivity index (χ2n) is 6.24. The van der Waals surface area contributed by atoms with Crippen LogP contribution in [0.1, 0.15) is 12.1 Å². The average molecular weight is 468 g/mol. The quantitative estimate of drug-likeness (QED) is 0.492. The van der Waals surface area contributed by atoms with Gasteiger partial charge in [-0.25, -0.2) is 30.7 Å². The first-order chi connectivity index (χ1) is 14.3. The molecule has 3 rings (SSSR count). The second kappa shape index (κ2) is 7.87. The second-order valence-corrected chi connectivity index (χ2v) is 8.23. The van der Waals surface area contributed by atoms with Gasteiger partial charge < -0.3 is 4.74 Å². The van der Waals surface area contributed by atoms with Crippen molar-refractivity contribution in [1.29, 1.82) is 0 Å². The molecule has 0 aliphatic heterocycles. The van der Waals surface area contributed by atoms with Crippen molar-refractivity contribution in [2.24, 2.45) is 0 Å². The Kier molecular flexibility index (Phi) is 5.74. The van der Waals surface area contributed by atoms with E-state index in [0.717, 1.165) is 35.0 Å². The van der Waals surface area contributed by atoms with Gasteiger partial charge in [-0.15, -0.1) is 13.2 Å². The van der Waals surface area contributed by atoms with Crippen molar-refractivity contribution >= 4 is 9.84 Å². The molecule has 0 N–H and O–H groups in total. The summed E-state index contributed by atoms with van der Waals surface area (Å²) in [5.41, 5.74) is -1.85. The van der Waals surface area contributed by atoms with Gasteiger partial charge in [-0.2, -0.15) is 5.10 Å². The van der Waals surface area contributed by atoms with Crippen molar-refractivity contribution in [3.05, 3.63) is 59.8 Å². The van der Waals surface area contributed by atoms with E-state index in [9.17, 15) is 39.2 Å². The van der Waals surface area contributed by atoms with Gasteiger partial charge in [-0.3, -0.25) is 0 Å². The Morgan fingerprint density at radius 2 is 1.61 bits per heavy atom. The van der Waals surface area contributed by atoms with Crippen LogP contribution in [0.4, 0.5) is 30.7 Å². The van der Waals surface area contributed by atoms with Crippen LogP contribution in [0.15, 0.2) is 47.4 Å². The van der Waals surface area contributed by atoms with Crippen LogP contribution in [0.3, 0.4) is 0 Å². The summed E-state index contributed by atoms with van der Waals surface area (Å²) in [5.74, 6) is -3.16. The molecule has 0 radical (unpaired) electrons. The molecule has 0 spiro atoms. The van der Waals surface area contributed by atoms with Crippen LogP contribution in [0.5, 0.6) is 5.75 Å². The van der Waals surface area contributed by atoms with Gasteiger partial charge in [0.15, 0.2) is 9.84 Å². The van der Waals surface area contributed by atoms with E-state index in [1.807, 2.05) is 0 Å². The molecule has 3 aromatic rings. The third-order valence-electron chi connectivity index (χ3n) is 3.96. The topological polar surface area (TPSA) is 61.2 Å². The van der Waals surface area contributed by atoms with E-state index in [4.69, 9.17) is 0 Å². The molecule has 1 heterocycles. The lowest BCUT2D eigenvalue weighted by atomic mass is 10.1. The lowest BCUT2D eigenvalue weighted by molar-refractivity contribution is -0.274. The van der Waals surface area contributed by atoms with Crippen molar-refractivity contribution in [2.75, 3.05) is 6.26 Å². The first-order valence-corrected chi connectivity index (χ1v) is 10.1. The Labute approximate surface area is 170 Å². The fourth-order valence-corrected chi connectivity index (χ4v) is 3.42. The minimum Gasteiger partial charge on any atom is -0.406 e. The standard InChI is InChI=1S/C18H11F7N2O3S/c1-31(28,29)16-7-12(19)11(6-13(16)20)15-8-14(17(21)22)26-27(15)9-2-4-10(5-3-9)30-18(23,24)25/h2-8,17H,1H3. The highest BCUT2D eigenvalue weighted by Gasteiger charge is 2.31. The summed E-state index contributed by atoms with van der Waals surface area (Å²) in [6.07, 6.45) is -7.40. The molecule has 31 heavy (non-hydrogen) atoms. The molecular weight excluding hydrogens is 457 g/mol. The van der Waals surface area contributed by atoms with E-state index in [1.54, 1.807) is 0 Å². The molecule has 0 atom stereocenters. The van der Waals surface area contributed by atoms with Crippen LogP contribution in [0.25, 0.3) is 16.9 Å². The van der Waals surface area contributed by atoms with Gasteiger partial charge in [0.1, 0.15) is 28.0 Å². The molecule has 0 fully saturated rings. The lowest BCUT2D eigenvalue weighted by Crippen LogP contribution is -2.17. The molecule has 0 saturated heterocycles. The first-order valence-electron chi connectivity index (χ1n) is 8.20. The van der Waals surface area contributed by atoms with Crippen molar-refractivity contribution < 1.29 is 43.9 Å². The van der Waals surface area contributed by atoms with Crippen LogP contribution < -0.4 is 4.74 Å². The van der Waals surface area contributed by atoms with E-state index in [1.165, 1.54) is 0 Å². The van der Waals surface area contributed by atoms with E-state index in [2.05, 4.69) is 9.84 Å². The number of sulfone groups is 1. The van der Waals surface area contributed by atoms with Crippen LogP contribution in [-0.2, 0) is 9.84 Å². The highest BCUT2D eigenvalue weighted by atomic mass is 32.2. The number of aromatic nitrogens is 2. The fourth-order valence-electron chi connectivity index (χ4n) is 2.69. The van der Waals surface area contributed by atoms with E-state index < -0.39 is 56.2 Å². The van der Waals surface area contributed by atoms with Gasteiger partial charge in [0.2, 0.25) is 0 Å². The maximum atomic E-state index is 14.6. The zero-order chi connectivity index (χ0) is 23.1. The highest BCUT2D eigenvalue weighted by molar-refractivity contribution is 7.90. The Morgan fingerprint density at radius 3 is 2.13 bits per heavy atom. The summed E-state index contributed by atoms with van der Waals surface area (Å²) in [6.45, 7) is 0. The number of rotatable bonds is 5. The summed E-state index contributed by atoms with van der Waals surface area (Å²) < 4.78 is 120. The minimum atomic E-state index is -4.96. The van der Waals surface area contributed by atoms with Crippen molar-refractivity contribution in [1.82, 2.24) is 9.78 Å². The predicted octanol–water partition coefficient (Wildman–Crippen LogP) is 5.06. The highest BCUT2D eigenvalue weighted by Crippen LogP contribution is 2.33. The van der Waals surface area contributed by atoms with Gasteiger partial charge in [0, 0.05) is 11.8 Å². The van der Waals surface area contributed by atoms with Crippen LogP contribution in [-0.4, -0.2) is 30.8 Å². The Balaban J connectivity index is 2.14. The van der Waals surface area contributed by atoms with Crippen LogP contribution in [0, 0.1) is 11.6 Å². The Bertz CT molecular complexity index is 1220. The minimum absolute atomic E-state index is 0.0663. The maximum absolute atomic E-state index is 14.6. The van der Waals surface area contributed by atoms with Crippen molar-refractivity contribution in [3.8, 4) is 22.7 Å². The molecule has 0 aliphatic carbocycles. The third kappa shape index (κ3) is 4.98. The van der Waals surface area contributed by atoms with Gasteiger partial charge >= 0.3 is 6.36 Å². The van der Waals surface area contributed by atoms with Gasteiger partial charge in [0.05, 0.1) is 11.4 Å². The molecule has 5 nitrogen and oxygen atoms in total. The zero-order valence-electron chi connectivity index (χ0n) is 15.3. The number of hydrogen-bond donors (Lipinski definition) is 0. The smallest absolute Gasteiger partial charge is 0.406 e. The predicted molar refractivity (Wildman–Crippen MR) is 93.7 cm³/mol. The number of hydrogen-bond acceptors (Lipinski definition) is 4. The van der Waals surface area contributed by atoms with Gasteiger partial charge in [-0.1, -0.05) is 0 Å². The van der Waals surface area contributed by atoms with Crippen LogP contribution in [0.2, 0.25) is 0 Å². The Hall–Kier alpha value is -3.09. The SMILES string of the molecule is CS(=O)(=O)c1cc(F)c(-c2cc(C(F)F)nn2-c2ccc(OC(F)(F)F)cc2)cc1F. The number of nitrogens with zero attached hydrogens (tertiary/aromatic N) is 2. The largest absolute Gasteiger partial charge is 0.573 e. The first kappa shape index (κ1) is 22.6. The van der Waals surface area contributed by atoms with Crippen LogP contribution >= 0.6 is 0 Å². The lowest BCUT2D eigenvalue weighted by Gasteiger charge is -2.12. The number of ether oxygens (including phenoxy) is 1. The third-order valence-corrected chi connectivity index (χ3v) is 5.08. The molecule has 0 saturated carbocycles. The summed E-state index contributed by atoms with van der Waals surface area (Å²) in [6, 6.07) is 5.48. The molecule has 2 aromatic carbocycles. The molecule has 0 bridgehead atoms. The Morgan fingerprint density at radius 1 is 1.00 bits per heavy atom. The normalized spacial score (nSPS) is 12.4. The van der Waals surface area contributed by atoms with E-state index in [0.29, 0.717) is 18.4 Å². The van der Waals surface area contributed by atoms with Crippen molar-refractivity contribution in [3.63, 3.8) is 0 Å². The van der Waals surface area contributed by atoms with E-state index in [-0.39, 0.29) is 11.4 Å². The van der Waals surface area contributed by atoms with E-state index >= 15 is 0 Å². The fraction of sp³-hybridized carbons (Fsp3) is 0.167. The molecule has 0 aliphatic rings. The summed E-state index contributed by atoms with van der Waals surface area (Å²) in [7, 11) is -4.11. The monoisotopic (exact) mass is 468 g/mol. The average Bonchev–Trinajstić information content (AvgIpc) is 3.07. The molecule has 0 amide bonds. The molecule has 1 aromatic heterocycles. The summed E-state index contributed by atoms with van der Waals surface area (Å²) in [4.78, 5) is -0.928. The summed E-state index contributed by atoms with van der Waals surface area (Å²) >= 11 is 0. The molecule has 13 heteroatoms. The summed E-state index contributed by atoms with van der Waals surface area (Å²) in [5, 5.41) is 3.60. The van der Waals surface area contributed by atoms with Gasteiger partial charge in [-0.05, 0) is 42.5 Å². The number of halogens is 7. The number of alkyl halides is 5. The zero-order valence-corrected chi connectivity index (χ0v) is 16.1. The van der Waals surface area contributed by atoms with Gasteiger partial charge in [0.25, 0.3) is 6.43 Å². The molecule has 0 unspecified atom stereocenters. The maximum Gasteiger partial charge on any atom is 0.573 e. The van der Waals surface area contributed by atoms with Crippen molar-refractivity contribution in [2.45, 2.75) is 17.7 Å². The molecule has 166 valence electrons. The molecular formula is C18H11F7N2O3S. The number of benzene rings is 2.